The number of piperazine rings is 1. The van der Waals surface area contributed by atoms with Gasteiger partial charge in [0.05, 0.1) is 12.8 Å². The summed E-state index contributed by atoms with van der Waals surface area (Å²) in [6.07, 6.45) is 3.12. The number of carbonyl (C=O) groups excluding carboxylic acids is 1. The zero-order valence-electron chi connectivity index (χ0n) is 15.2. The van der Waals surface area contributed by atoms with Crippen molar-refractivity contribution in [2.24, 2.45) is 0 Å². The maximum Gasteiger partial charge on any atom is 0.253 e. The van der Waals surface area contributed by atoms with Crippen LogP contribution in [0.4, 0.5) is 5.69 Å². The minimum Gasteiger partial charge on any atom is -0.497 e. The van der Waals surface area contributed by atoms with Gasteiger partial charge in [-0.15, -0.1) is 0 Å². The molecular formula is C20H21N5O2. The molecule has 1 fully saturated rings. The predicted molar refractivity (Wildman–Crippen MR) is 102 cm³/mol. The van der Waals surface area contributed by atoms with Crippen LogP contribution in [0, 0.1) is 0 Å². The summed E-state index contributed by atoms with van der Waals surface area (Å²) in [6.45, 7) is 3.04. The van der Waals surface area contributed by atoms with Gasteiger partial charge in [-0.25, -0.2) is 9.67 Å². The van der Waals surface area contributed by atoms with Gasteiger partial charge in [-0.1, -0.05) is 0 Å². The fraction of sp³-hybridized carbons (Fsp3) is 0.250. The fourth-order valence-corrected chi connectivity index (χ4v) is 3.24. The Morgan fingerprint density at radius 1 is 0.926 bits per heavy atom. The molecule has 3 aromatic rings. The number of aromatic nitrogens is 3. The highest BCUT2D eigenvalue weighted by atomic mass is 16.5. The predicted octanol–water partition coefficient (Wildman–Crippen LogP) is 2.24. The average Bonchev–Trinajstić information content (AvgIpc) is 3.28. The number of benzene rings is 2. The molecule has 0 N–H and O–H groups in total. The van der Waals surface area contributed by atoms with Crippen LogP contribution in [0.1, 0.15) is 10.4 Å². The number of methoxy groups -OCH3 is 1. The molecule has 1 aliphatic rings. The van der Waals surface area contributed by atoms with Crippen molar-refractivity contribution in [2.75, 3.05) is 38.2 Å². The second kappa shape index (κ2) is 7.49. The van der Waals surface area contributed by atoms with Crippen LogP contribution in [-0.4, -0.2) is 58.9 Å². The molecule has 1 amide bonds. The average molecular weight is 363 g/mol. The van der Waals surface area contributed by atoms with Crippen LogP contribution in [0.3, 0.4) is 0 Å². The van der Waals surface area contributed by atoms with Gasteiger partial charge in [0, 0.05) is 37.4 Å². The normalized spacial score (nSPS) is 14.3. The first kappa shape index (κ1) is 17.1. The minimum absolute atomic E-state index is 0.0644. The molecule has 0 unspecified atom stereocenters. The van der Waals surface area contributed by atoms with Crippen molar-refractivity contribution in [1.29, 1.82) is 0 Å². The van der Waals surface area contributed by atoms with E-state index in [1.807, 2.05) is 41.3 Å². The van der Waals surface area contributed by atoms with Crippen molar-refractivity contribution in [1.82, 2.24) is 19.7 Å². The van der Waals surface area contributed by atoms with Gasteiger partial charge in [-0.05, 0) is 48.5 Å². The molecule has 27 heavy (non-hydrogen) atoms. The van der Waals surface area contributed by atoms with Gasteiger partial charge in [0.2, 0.25) is 0 Å². The summed E-state index contributed by atoms with van der Waals surface area (Å²) in [5, 5.41) is 4.10. The molecule has 7 heteroatoms. The highest BCUT2D eigenvalue weighted by molar-refractivity contribution is 5.94. The lowest BCUT2D eigenvalue weighted by atomic mass is 10.1. The summed E-state index contributed by atoms with van der Waals surface area (Å²) in [5.41, 5.74) is 2.73. The molecule has 7 nitrogen and oxygen atoms in total. The van der Waals surface area contributed by atoms with E-state index in [0.29, 0.717) is 18.7 Å². The van der Waals surface area contributed by atoms with Crippen molar-refractivity contribution in [3.8, 4) is 11.4 Å². The molecule has 0 bridgehead atoms. The molecule has 4 rings (SSSR count). The summed E-state index contributed by atoms with van der Waals surface area (Å²) in [4.78, 5) is 20.9. The van der Waals surface area contributed by atoms with Gasteiger partial charge in [-0.3, -0.25) is 4.79 Å². The van der Waals surface area contributed by atoms with Crippen LogP contribution in [0.15, 0.2) is 61.2 Å². The summed E-state index contributed by atoms with van der Waals surface area (Å²) >= 11 is 0. The minimum atomic E-state index is 0.0644. The Morgan fingerprint density at radius 2 is 1.59 bits per heavy atom. The van der Waals surface area contributed by atoms with E-state index in [1.165, 1.54) is 6.33 Å². The van der Waals surface area contributed by atoms with Crippen molar-refractivity contribution in [3.63, 3.8) is 0 Å². The molecule has 0 spiro atoms. The molecule has 0 saturated carbocycles. The first-order valence-electron chi connectivity index (χ1n) is 8.88. The van der Waals surface area contributed by atoms with Crippen LogP contribution in [0.25, 0.3) is 5.69 Å². The molecule has 1 aliphatic heterocycles. The van der Waals surface area contributed by atoms with Crippen LogP contribution in [0.2, 0.25) is 0 Å². The van der Waals surface area contributed by atoms with Gasteiger partial charge >= 0.3 is 0 Å². The van der Waals surface area contributed by atoms with Gasteiger partial charge < -0.3 is 14.5 Å². The molecule has 1 saturated heterocycles. The summed E-state index contributed by atoms with van der Waals surface area (Å²) in [7, 11) is 1.66. The van der Waals surface area contributed by atoms with E-state index in [4.69, 9.17) is 4.74 Å². The van der Waals surface area contributed by atoms with Crippen molar-refractivity contribution >= 4 is 11.6 Å². The van der Waals surface area contributed by atoms with Crippen LogP contribution >= 0.6 is 0 Å². The number of hydrogen-bond donors (Lipinski definition) is 0. The number of ether oxygens (including phenoxy) is 1. The second-order valence-electron chi connectivity index (χ2n) is 6.36. The van der Waals surface area contributed by atoms with E-state index in [9.17, 15) is 4.79 Å². The van der Waals surface area contributed by atoms with Gasteiger partial charge in [0.25, 0.3) is 5.91 Å². The Balaban J connectivity index is 1.38. The first-order valence-corrected chi connectivity index (χ1v) is 8.88. The molecule has 1 aromatic heterocycles. The zero-order chi connectivity index (χ0) is 18.6. The number of carbonyl (C=O) groups is 1. The fourth-order valence-electron chi connectivity index (χ4n) is 3.24. The lowest BCUT2D eigenvalue weighted by Crippen LogP contribution is -2.48. The lowest BCUT2D eigenvalue weighted by Gasteiger charge is -2.36. The summed E-state index contributed by atoms with van der Waals surface area (Å²) in [6, 6.07) is 15.5. The zero-order valence-corrected chi connectivity index (χ0v) is 15.2. The topological polar surface area (TPSA) is 63.5 Å². The van der Waals surface area contributed by atoms with Gasteiger partial charge in [0.15, 0.2) is 0 Å². The van der Waals surface area contributed by atoms with E-state index >= 15 is 0 Å². The Morgan fingerprint density at radius 3 is 2.19 bits per heavy atom. The highest BCUT2D eigenvalue weighted by Gasteiger charge is 2.22. The quantitative estimate of drug-likeness (QED) is 0.711. The molecule has 2 aromatic carbocycles. The van der Waals surface area contributed by atoms with E-state index in [2.05, 4.69) is 27.1 Å². The standard InChI is InChI=1S/C20H21N5O2/c1-27-19-8-6-17(7-9-19)23-10-12-24(13-11-23)20(26)16-2-4-18(5-3-16)25-15-21-14-22-25/h2-9,14-15H,10-13H2,1H3. The number of hydrogen-bond acceptors (Lipinski definition) is 5. The highest BCUT2D eigenvalue weighted by Crippen LogP contribution is 2.21. The van der Waals surface area contributed by atoms with E-state index < -0.39 is 0 Å². The Kier molecular flexibility index (Phi) is 4.74. The van der Waals surface area contributed by atoms with Crippen LogP contribution in [-0.2, 0) is 0 Å². The number of anilines is 1. The smallest absolute Gasteiger partial charge is 0.253 e. The number of nitrogens with zero attached hydrogens (tertiary/aromatic N) is 5. The maximum absolute atomic E-state index is 12.8. The molecule has 0 atom stereocenters. The van der Waals surface area contributed by atoms with Crippen LogP contribution in [0.5, 0.6) is 5.75 Å². The van der Waals surface area contributed by atoms with E-state index in [1.54, 1.807) is 18.1 Å². The van der Waals surface area contributed by atoms with Crippen molar-refractivity contribution < 1.29 is 9.53 Å². The molecule has 0 aliphatic carbocycles. The number of rotatable bonds is 4. The summed E-state index contributed by atoms with van der Waals surface area (Å²) in [5.74, 6) is 0.913. The Hall–Kier alpha value is -3.35. The first-order chi connectivity index (χ1) is 13.2. The van der Waals surface area contributed by atoms with E-state index in [-0.39, 0.29) is 5.91 Å². The number of amides is 1. The molecule has 0 radical (unpaired) electrons. The van der Waals surface area contributed by atoms with E-state index in [0.717, 1.165) is 30.2 Å². The third-order valence-electron chi connectivity index (χ3n) is 4.80. The van der Waals surface area contributed by atoms with Crippen LogP contribution < -0.4 is 9.64 Å². The van der Waals surface area contributed by atoms with Crippen molar-refractivity contribution in [3.05, 3.63) is 66.7 Å². The summed E-state index contributed by atoms with van der Waals surface area (Å²) < 4.78 is 6.87. The Bertz CT molecular complexity index is 883. The maximum atomic E-state index is 12.8. The largest absolute Gasteiger partial charge is 0.497 e. The van der Waals surface area contributed by atoms with Gasteiger partial charge in [-0.2, -0.15) is 5.10 Å². The monoisotopic (exact) mass is 363 g/mol. The third kappa shape index (κ3) is 3.62. The SMILES string of the molecule is COc1ccc(N2CCN(C(=O)c3ccc(-n4cncn4)cc3)CC2)cc1. The second-order valence-corrected chi connectivity index (χ2v) is 6.36. The molecule has 138 valence electrons. The Labute approximate surface area is 157 Å². The third-order valence-corrected chi connectivity index (χ3v) is 4.80. The van der Waals surface area contributed by atoms with Gasteiger partial charge in [0.1, 0.15) is 18.4 Å². The van der Waals surface area contributed by atoms with Crippen molar-refractivity contribution in [2.45, 2.75) is 0 Å². The molecular weight excluding hydrogens is 342 g/mol. The molecule has 2 heterocycles. The lowest BCUT2D eigenvalue weighted by molar-refractivity contribution is 0.0747.